The molecule has 1 aromatic rings. The van der Waals surface area contributed by atoms with Crippen LogP contribution in [0.4, 0.5) is 8.78 Å². The normalized spacial score (nSPS) is 19.7. The second-order valence-corrected chi connectivity index (χ2v) is 6.77. The molecular weight excluding hydrogens is 316 g/mol. The Morgan fingerprint density at radius 2 is 2.06 bits per heavy atom. The first-order chi connectivity index (χ1) is 7.92. The van der Waals surface area contributed by atoms with Crippen LogP contribution in [0.15, 0.2) is 16.6 Å². The Kier molecular flexibility index (Phi) is 3.51. The van der Waals surface area contributed by atoms with Crippen molar-refractivity contribution >= 4 is 26.0 Å². The van der Waals surface area contributed by atoms with Gasteiger partial charge >= 0.3 is 0 Å². The molecule has 0 atom stereocenters. The van der Waals surface area contributed by atoms with E-state index >= 15 is 0 Å². The predicted molar refractivity (Wildman–Crippen MR) is 62.9 cm³/mol. The molecule has 1 saturated heterocycles. The maximum Gasteiger partial charge on any atom is 0.214 e. The van der Waals surface area contributed by atoms with Gasteiger partial charge in [-0.05, 0) is 34.5 Å². The van der Waals surface area contributed by atoms with Gasteiger partial charge in [-0.15, -0.1) is 0 Å². The highest BCUT2D eigenvalue weighted by Crippen LogP contribution is 2.25. The molecule has 0 radical (unpaired) electrons. The molecule has 94 valence electrons. The second kappa shape index (κ2) is 4.62. The summed E-state index contributed by atoms with van der Waals surface area (Å²) in [5.41, 5.74) is -0.218. The van der Waals surface area contributed by atoms with Crippen molar-refractivity contribution in [2.45, 2.75) is 13.0 Å². The molecule has 1 aliphatic heterocycles. The molecule has 7 heteroatoms. The summed E-state index contributed by atoms with van der Waals surface area (Å²) in [7, 11) is -3.35. The molecule has 0 amide bonds. The smallest absolute Gasteiger partial charge is 0.212 e. The summed E-state index contributed by atoms with van der Waals surface area (Å²) >= 11 is 2.95. The molecule has 1 heterocycles. The van der Waals surface area contributed by atoms with Crippen LogP contribution in [-0.4, -0.2) is 25.0 Å². The minimum atomic E-state index is -3.35. The Morgan fingerprint density at radius 3 is 2.65 bits per heavy atom. The second-order valence-electron chi connectivity index (χ2n) is 3.82. The van der Waals surface area contributed by atoms with E-state index in [9.17, 15) is 17.2 Å². The Labute approximate surface area is 107 Å². The summed E-state index contributed by atoms with van der Waals surface area (Å²) in [5, 5.41) is 0. The molecule has 3 nitrogen and oxygen atoms in total. The van der Waals surface area contributed by atoms with Crippen LogP contribution < -0.4 is 0 Å². The van der Waals surface area contributed by atoms with E-state index in [1.54, 1.807) is 0 Å². The van der Waals surface area contributed by atoms with Crippen molar-refractivity contribution in [1.29, 1.82) is 0 Å². The number of halogens is 3. The number of hydrogen-bond donors (Lipinski definition) is 0. The SMILES string of the molecule is O=S1(=O)CCCN1Cc1c(F)ccc(Br)c1F. The number of benzene rings is 1. The molecule has 1 aromatic carbocycles. The van der Waals surface area contributed by atoms with Crippen LogP contribution in [0.5, 0.6) is 0 Å². The Hall–Kier alpha value is -0.530. The summed E-state index contributed by atoms with van der Waals surface area (Å²) in [4.78, 5) is 0. The topological polar surface area (TPSA) is 37.4 Å². The van der Waals surface area contributed by atoms with Crippen LogP contribution in [-0.2, 0) is 16.6 Å². The zero-order valence-corrected chi connectivity index (χ0v) is 11.2. The molecule has 0 N–H and O–H groups in total. The predicted octanol–water partition coefficient (Wildman–Crippen LogP) is 2.26. The minimum Gasteiger partial charge on any atom is -0.212 e. The molecule has 0 aliphatic carbocycles. The van der Waals surface area contributed by atoms with Crippen LogP contribution >= 0.6 is 15.9 Å². The average Bonchev–Trinajstić information content (AvgIpc) is 2.59. The lowest BCUT2D eigenvalue weighted by atomic mass is 10.2. The third-order valence-corrected chi connectivity index (χ3v) is 5.19. The first kappa shape index (κ1) is 12.9. The van der Waals surface area contributed by atoms with E-state index in [1.807, 2.05) is 0 Å². The fraction of sp³-hybridized carbons (Fsp3) is 0.400. The highest BCUT2D eigenvalue weighted by atomic mass is 79.9. The van der Waals surface area contributed by atoms with Gasteiger partial charge in [0, 0.05) is 18.7 Å². The number of nitrogens with zero attached hydrogens (tertiary/aromatic N) is 1. The van der Waals surface area contributed by atoms with Gasteiger partial charge in [0.05, 0.1) is 10.2 Å². The molecule has 1 fully saturated rings. The largest absolute Gasteiger partial charge is 0.214 e. The van der Waals surface area contributed by atoms with Crippen LogP contribution in [0.2, 0.25) is 0 Å². The van der Waals surface area contributed by atoms with Crippen molar-refractivity contribution in [2.24, 2.45) is 0 Å². The lowest BCUT2D eigenvalue weighted by Gasteiger charge is -2.15. The van der Waals surface area contributed by atoms with E-state index in [1.165, 1.54) is 6.07 Å². The van der Waals surface area contributed by atoms with Gasteiger partial charge in [-0.25, -0.2) is 17.2 Å². The molecule has 0 bridgehead atoms. The van der Waals surface area contributed by atoms with Crippen molar-refractivity contribution in [3.63, 3.8) is 0 Å². The molecule has 1 aliphatic rings. The van der Waals surface area contributed by atoms with E-state index < -0.39 is 21.7 Å². The number of rotatable bonds is 2. The lowest BCUT2D eigenvalue weighted by Crippen LogP contribution is -2.26. The molecule has 17 heavy (non-hydrogen) atoms. The molecule has 0 saturated carbocycles. The molecule has 0 unspecified atom stereocenters. The van der Waals surface area contributed by atoms with E-state index in [-0.39, 0.29) is 22.3 Å². The van der Waals surface area contributed by atoms with Crippen molar-refractivity contribution in [1.82, 2.24) is 4.31 Å². The average molecular weight is 326 g/mol. The quantitative estimate of drug-likeness (QED) is 0.782. The van der Waals surface area contributed by atoms with Crippen molar-refractivity contribution in [2.75, 3.05) is 12.3 Å². The van der Waals surface area contributed by atoms with Gasteiger partial charge in [-0.3, -0.25) is 0 Å². The Balaban J connectivity index is 2.34. The molecule has 0 spiro atoms. The summed E-state index contributed by atoms with van der Waals surface area (Å²) < 4.78 is 51.4. The van der Waals surface area contributed by atoms with E-state index in [0.29, 0.717) is 13.0 Å². The van der Waals surface area contributed by atoms with Gasteiger partial charge in [0.2, 0.25) is 10.0 Å². The zero-order valence-electron chi connectivity index (χ0n) is 8.79. The van der Waals surface area contributed by atoms with Crippen LogP contribution in [0, 0.1) is 11.6 Å². The number of hydrogen-bond acceptors (Lipinski definition) is 2. The van der Waals surface area contributed by atoms with Crippen molar-refractivity contribution in [3.8, 4) is 0 Å². The fourth-order valence-electron chi connectivity index (χ4n) is 1.76. The summed E-state index contributed by atoms with van der Waals surface area (Å²) in [6.45, 7) is 0.0627. The van der Waals surface area contributed by atoms with Gasteiger partial charge in [0.15, 0.2) is 0 Å². The zero-order chi connectivity index (χ0) is 12.6. The standard InChI is InChI=1S/C10H10BrF2NO2S/c11-8-2-3-9(12)7(10(8)13)6-14-4-1-5-17(14,15)16/h2-3H,1,4-6H2. The number of sulfonamides is 1. The van der Waals surface area contributed by atoms with Gasteiger partial charge < -0.3 is 0 Å². The molecule has 0 aromatic heterocycles. The highest BCUT2D eigenvalue weighted by Gasteiger charge is 2.30. The fourth-order valence-corrected chi connectivity index (χ4v) is 3.62. The van der Waals surface area contributed by atoms with E-state index in [0.717, 1.165) is 10.4 Å². The first-order valence-electron chi connectivity index (χ1n) is 5.02. The van der Waals surface area contributed by atoms with Gasteiger partial charge in [-0.2, -0.15) is 4.31 Å². The third-order valence-electron chi connectivity index (χ3n) is 2.68. The minimum absolute atomic E-state index is 0.0459. The van der Waals surface area contributed by atoms with Crippen LogP contribution in [0.3, 0.4) is 0 Å². The Morgan fingerprint density at radius 1 is 1.35 bits per heavy atom. The molecule has 2 rings (SSSR count). The Bertz CT molecular complexity index is 547. The lowest BCUT2D eigenvalue weighted by molar-refractivity contribution is 0.417. The van der Waals surface area contributed by atoms with Crippen LogP contribution in [0.1, 0.15) is 12.0 Å². The van der Waals surface area contributed by atoms with E-state index in [4.69, 9.17) is 0 Å². The van der Waals surface area contributed by atoms with Gasteiger partial charge in [0.1, 0.15) is 11.6 Å². The highest BCUT2D eigenvalue weighted by molar-refractivity contribution is 9.10. The summed E-state index contributed by atoms with van der Waals surface area (Å²) in [6.07, 6.45) is 0.500. The van der Waals surface area contributed by atoms with Crippen molar-refractivity contribution in [3.05, 3.63) is 33.8 Å². The third kappa shape index (κ3) is 2.51. The van der Waals surface area contributed by atoms with E-state index in [2.05, 4.69) is 15.9 Å². The maximum absolute atomic E-state index is 13.7. The van der Waals surface area contributed by atoms with Gasteiger partial charge in [-0.1, -0.05) is 0 Å². The molecular formula is C10H10BrF2NO2S. The monoisotopic (exact) mass is 325 g/mol. The maximum atomic E-state index is 13.7. The van der Waals surface area contributed by atoms with Gasteiger partial charge in [0.25, 0.3) is 0 Å². The first-order valence-corrected chi connectivity index (χ1v) is 7.42. The van der Waals surface area contributed by atoms with Crippen molar-refractivity contribution < 1.29 is 17.2 Å². The summed E-state index contributed by atoms with van der Waals surface area (Å²) in [6, 6.07) is 2.37. The van der Waals surface area contributed by atoms with Crippen LogP contribution in [0.25, 0.3) is 0 Å². The summed E-state index contributed by atoms with van der Waals surface area (Å²) in [5.74, 6) is -1.43.